The number of hydrogen-bond donors (Lipinski definition) is 1. The highest BCUT2D eigenvalue weighted by molar-refractivity contribution is 4.93. The lowest BCUT2D eigenvalue weighted by Crippen LogP contribution is -2.42. The molecular weight excluding hydrogens is 210 g/mol. The van der Waals surface area contributed by atoms with Gasteiger partial charge < -0.3 is 5.32 Å². The Kier molecular flexibility index (Phi) is 4.83. The molecule has 0 aromatic carbocycles. The molecule has 2 heterocycles. The number of likely N-dealkylation sites (tertiary alicyclic amines) is 1. The third-order valence-corrected chi connectivity index (χ3v) is 4.82. The normalized spacial score (nSPS) is 34.9. The molecule has 2 aliphatic rings. The molecule has 0 saturated carbocycles. The molecule has 0 aromatic rings. The maximum atomic E-state index is 3.57. The maximum Gasteiger partial charge on any atom is 0.0261 e. The maximum absolute atomic E-state index is 3.57. The van der Waals surface area contributed by atoms with Gasteiger partial charge in [0.1, 0.15) is 0 Å². The van der Waals surface area contributed by atoms with E-state index < -0.39 is 0 Å². The fraction of sp³-hybridized carbons (Fsp3) is 1.00. The standard InChI is InChI=1S/C14H29N3/c1-4-12-9-15-10-14(12)17-8-7-13(11-17)16(5-2)6-3/h12-15H,4-11H2,1-3H3. The third kappa shape index (κ3) is 2.83. The lowest BCUT2D eigenvalue weighted by Gasteiger charge is -2.30. The van der Waals surface area contributed by atoms with Crippen molar-refractivity contribution in [1.29, 1.82) is 0 Å². The first kappa shape index (κ1) is 13.3. The Morgan fingerprint density at radius 1 is 1.18 bits per heavy atom. The summed E-state index contributed by atoms with van der Waals surface area (Å²) in [5.74, 6) is 0.880. The molecular formula is C14H29N3. The van der Waals surface area contributed by atoms with Gasteiger partial charge in [-0.25, -0.2) is 0 Å². The minimum Gasteiger partial charge on any atom is -0.315 e. The van der Waals surface area contributed by atoms with Crippen molar-refractivity contribution in [1.82, 2.24) is 15.1 Å². The molecule has 1 N–H and O–H groups in total. The minimum absolute atomic E-state index is 0.806. The average molecular weight is 239 g/mol. The van der Waals surface area contributed by atoms with E-state index >= 15 is 0 Å². The van der Waals surface area contributed by atoms with Crippen LogP contribution in [0.15, 0.2) is 0 Å². The van der Waals surface area contributed by atoms with Crippen LogP contribution in [0.25, 0.3) is 0 Å². The van der Waals surface area contributed by atoms with Crippen molar-refractivity contribution in [2.75, 3.05) is 39.3 Å². The summed E-state index contributed by atoms with van der Waals surface area (Å²) < 4.78 is 0. The van der Waals surface area contributed by atoms with E-state index in [9.17, 15) is 0 Å². The molecule has 2 fully saturated rings. The van der Waals surface area contributed by atoms with Gasteiger partial charge in [-0.3, -0.25) is 9.80 Å². The van der Waals surface area contributed by atoms with E-state index in [1.165, 1.54) is 52.1 Å². The van der Waals surface area contributed by atoms with Crippen LogP contribution in [0.2, 0.25) is 0 Å². The van der Waals surface area contributed by atoms with Crippen molar-refractivity contribution in [2.45, 2.75) is 45.7 Å². The summed E-state index contributed by atoms with van der Waals surface area (Å²) >= 11 is 0. The molecule has 0 amide bonds. The first-order valence-corrected chi connectivity index (χ1v) is 7.48. The number of nitrogens with zero attached hydrogens (tertiary/aromatic N) is 2. The Morgan fingerprint density at radius 3 is 2.59 bits per heavy atom. The molecule has 100 valence electrons. The van der Waals surface area contributed by atoms with Gasteiger partial charge in [0.2, 0.25) is 0 Å². The summed E-state index contributed by atoms with van der Waals surface area (Å²) in [7, 11) is 0. The van der Waals surface area contributed by atoms with Gasteiger partial charge in [-0.2, -0.15) is 0 Å². The van der Waals surface area contributed by atoms with Crippen molar-refractivity contribution >= 4 is 0 Å². The van der Waals surface area contributed by atoms with E-state index in [-0.39, 0.29) is 0 Å². The first-order valence-electron chi connectivity index (χ1n) is 7.48. The van der Waals surface area contributed by atoms with Gasteiger partial charge >= 0.3 is 0 Å². The molecule has 0 spiro atoms. The zero-order valence-electron chi connectivity index (χ0n) is 11.8. The first-order chi connectivity index (χ1) is 8.30. The molecule has 0 aliphatic carbocycles. The van der Waals surface area contributed by atoms with Gasteiger partial charge in [0, 0.05) is 31.7 Å². The highest BCUT2D eigenvalue weighted by Gasteiger charge is 2.36. The summed E-state index contributed by atoms with van der Waals surface area (Å²) in [5.41, 5.74) is 0. The van der Waals surface area contributed by atoms with E-state index in [2.05, 4.69) is 35.9 Å². The fourth-order valence-electron chi connectivity index (χ4n) is 3.67. The Labute approximate surface area is 107 Å². The van der Waals surface area contributed by atoms with Gasteiger partial charge in [-0.15, -0.1) is 0 Å². The molecule has 0 radical (unpaired) electrons. The van der Waals surface area contributed by atoms with Gasteiger partial charge in [-0.05, 0) is 32.0 Å². The van der Waals surface area contributed by atoms with Gasteiger partial charge in [-0.1, -0.05) is 27.2 Å². The van der Waals surface area contributed by atoms with E-state index in [1.54, 1.807) is 0 Å². The van der Waals surface area contributed by atoms with Gasteiger partial charge in [0.15, 0.2) is 0 Å². The van der Waals surface area contributed by atoms with Gasteiger partial charge in [0.25, 0.3) is 0 Å². The number of likely N-dealkylation sites (N-methyl/N-ethyl adjacent to an activating group) is 1. The van der Waals surface area contributed by atoms with E-state index in [0.717, 1.165) is 18.0 Å². The SMILES string of the molecule is CCC1CNCC1N1CCC(N(CC)CC)C1. The van der Waals surface area contributed by atoms with Crippen LogP contribution >= 0.6 is 0 Å². The van der Waals surface area contributed by atoms with Crippen molar-refractivity contribution in [3.63, 3.8) is 0 Å². The van der Waals surface area contributed by atoms with E-state index in [1.807, 2.05) is 0 Å². The van der Waals surface area contributed by atoms with Gasteiger partial charge in [0.05, 0.1) is 0 Å². The van der Waals surface area contributed by atoms with Crippen molar-refractivity contribution < 1.29 is 0 Å². The van der Waals surface area contributed by atoms with Crippen molar-refractivity contribution in [3.8, 4) is 0 Å². The van der Waals surface area contributed by atoms with Crippen LogP contribution in [-0.4, -0.2) is 61.2 Å². The smallest absolute Gasteiger partial charge is 0.0261 e. The quantitative estimate of drug-likeness (QED) is 0.782. The molecule has 3 atom stereocenters. The summed E-state index contributed by atoms with van der Waals surface area (Å²) in [5, 5.41) is 3.57. The van der Waals surface area contributed by atoms with Crippen LogP contribution in [0, 0.1) is 5.92 Å². The topological polar surface area (TPSA) is 18.5 Å². The summed E-state index contributed by atoms with van der Waals surface area (Å²) in [6.07, 6.45) is 2.69. The van der Waals surface area contributed by atoms with Crippen molar-refractivity contribution in [2.24, 2.45) is 5.92 Å². The highest BCUT2D eigenvalue weighted by atomic mass is 15.3. The predicted octanol–water partition coefficient (Wildman–Crippen LogP) is 1.40. The summed E-state index contributed by atoms with van der Waals surface area (Å²) in [4.78, 5) is 5.38. The second-order valence-electron chi connectivity index (χ2n) is 5.55. The molecule has 3 nitrogen and oxygen atoms in total. The summed E-state index contributed by atoms with van der Waals surface area (Å²) in [6, 6.07) is 1.61. The second kappa shape index (κ2) is 6.17. The predicted molar refractivity (Wildman–Crippen MR) is 73.3 cm³/mol. The molecule has 3 heteroatoms. The molecule has 3 unspecified atom stereocenters. The number of nitrogens with one attached hydrogen (secondary N) is 1. The largest absolute Gasteiger partial charge is 0.315 e. The monoisotopic (exact) mass is 239 g/mol. The molecule has 2 saturated heterocycles. The zero-order chi connectivity index (χ0) is 12.3. The zero-order valence-corrected chi connectivity index (χ0v) is 11.8. The molecule has 2 rings (SSSR count). The average Bonchev–Trinajstić information content (AvgIpc) is 2.98. The van der Waals surface area contributed by atoms with Crippen LogP contribution < -0.4 is 5.32 Å². The van der Waals surface area contributed by atoms with E-state index in [4.69, 9.17) is 0 Å². The molecule has 0 bridgehead atoms. The molecule has 17 heavy (non-hydrogen) atoms. The Bertz CT molecular complexity index is 228. The fourth-order valence-corrected chi connectivity index (χ4v) is 3.67. The van der Waals surface area contributed by atoms with Crippen LogP contribution in [0.1, 0.15) is 33.6 Å². The Hall–Kier alpha value is -0.120. The lowest BCUT2D eigenvalue weighted by atomic mass is 10.00. The minimum atomic E-state index is 0.806. The third-order valence-electron chi connectivity index (χ3n) is 4.82. The number of hydrogen-bond acceptors (Lipinski definition) is 3. The number of rotatable bonds is 5. The molecule has 2 aliphatic heterocycles. The molecule has 0 aromatic heterocycles. The van der Waals surface area contributed by atoms with Crippen LogP contribution in [0.4, 0.5) is 0 Å². The Balaban J connectivity index is 1.88. The van der Waals surface area contributed by atoms with Crippen LogP contribution in [0.5, 0.6) is 0 Å². The Morgan fingerprint density at radius 2 is 1.94 bits per heavy atom. The van der Waals surface area contributed by atoms with Crippen LogP contribution in [-0.2, 0) is 0 Å². The highest BCUT2D eigenvalue weighted by Crippen LogP contribution is 2.25. The second-order valence-corrected chi connectivity index (χ2v) is 5.55. The van der Waals surface area contributed by atoms with E-state index in [0.29, 0.717) is 0 Å². The van der Waals surface area contributed by atoms with Crippen molar-refractivity contribution in [3.05, 3.63) is 0 Å². The lowest BCUT2D eigenvalue weighted by molar-refractivity contribution is 0.172. The summed E-state index contributed by atoms with van der Waals surface area (Å²) in [6.45, 7) is 14.4. The van der Waals surface area contributed by atoms with Crippen LogP contribution in [0.3, 0.4) is 0 Å².